The first-order chi connectivity index (χ1) is 11.5. The van der Waals surface area contributed by atoms with E-state index in [4.69, 9.17) is 4.74 Å². The molecule has 0 atom stereocenters. The van der Waals surface area contributed by atoms with Gasteiger partial charge in [-0.1, -0.05) is 6.07 Å². The van der Waals surface area contributed by atoms with E-state index in [1.165, 1.54) is 0 Å². The summed E-state index contributed by atoms with van der Waals surface area (Å²) in [5, 5.41) is 4.89. The average molecular weight is 325 g/mol. The Kier molecular flexibility index (Phi) is 4.20. The topological polar surface area (TPSA) is 66.1 Å². The average Bonchev–Trinajstić information content (AvgIpc) is 3.01. The lowest BCUT2D eigenvalue weighted by Crippen LogP contribution is -2.20. The number of carbonyl (C=O) groups is 1. The van der Waals surface area contributed by atoms with Crippen molar-refractivity contribution in [3.05, 3.63) is 52.4 Å². The second kappa shape index (κ2) is 6.31. The summed E-state index contributed by atoms with van der Waals surface area (Å²) in [6.45, 7) is 4.55. The highest BCUT2D eigenvalue weighted by Gasteiger charge is 2.16. The Morgan fingerprint density at radius 2 is 2.04 bits per heavy atom. The van der Waals surface area contributed by atoms with Crippen molar-refractivity contribution in [2.45, 2.75) is 20.4 Å². The Labute approximate surface area is 139 Å². The maximum atomic E-state index is 12.6. The van der Waals surface area contributed by atoms with Crippen LogP contribution >= 0.6 is 0 Å². The molecule has 0 saturated carbocycles. The molecule has 124 valence electrons. The van der Waals surface area contributed by atoms with E-state index in [2.05, 4.69) is 5.10 Å². The van der Waals surface area contributed by atoms with Crippen molar-refractivity contribution >= 4 is 16.9 Å². The lowest BCUT2D eigenvalue weighted by molar-refractivity contribution is 0.0524. The number of aromatic nitrogens is 3. The number of ether oxygens (including phenoxy) is 1. The Morgan fingerprint density at radius 3 is 2.67 bits per heavy atom. The highest BCUT2D eigenvalue weighted by molar-refractivity contribution is 5.94. The third-order valence-corrected chi connectivity index (χ3v) is 3.93. The van der Waals surface area contributed by atoms with Crippen molar-refractivity contribution in [1.82, 2.24) is 14.3 Å². The monoisotopic (exact) mass is 325 g/mol. The van der Waals surface area contributed by atoms with E-state index < -0.39 is 5.97 Å². The van der Waals surface area contributed by atoms with E-state index in [-0.39, 0.29) is 17.6 Å². The van der Waals surface area contributed by atoms with Gasteiger partial charge in [-0.05, 0) is 32.0 Å². The Bertz CT molecular complexity index is 969. The van der Waals surface area contributed by atoms with Crippen LogP contribution in [0.1, 0.15) is 24.2 Å². The minimum absolute atomic E-state index is 0.0665. The van der Waals surface area contributed by atoms with Crippen molar-refractivity contribution in [3.63, 3.8) is 0 Å². The number of benzene rings is 1. The van der Waals surface area contributed by atoms with Crippen molar-refractivity contribution in [2.75, 3.05) is 6.61 Å². The molecule has 0 saturated heterocycles. The van der Waals surface area contributed by atoms with E-state index >= 15 is 0 Å². The van der Waals surface area contributed by atoms with Crippen LogP contribution < -0.4 is 5.43 Å². The normalized spacial score (nSPS) is 11.0. The van der Waals surface area contributed by atoms with Crippen LogP contribution in [-0.4, -0.2) is 26.9 Å². The van der Waals surface area contributed by atoms with Crippen LogP contribution in [0.5, 0.6) is 0 Å². The summed E-state index contributed by atoms with van der Waals surface area (Å²) < 4.78 is 8.60. The van der Waals surface area contributed by atoms with Gasteiger partial charge in [-0.25, -0.2) is 4.79 Å². The molecule has 0 bridgehead atoms. The van der Waals surface area contributed by atoms with Gasteiger partial charge < -0.3 is 9.30 Å². The number of fused-ring (bicyclic) bond motifs is 1. The molecule has 3 rings (SSSR count). The second-order valence-corrected chi connectivity index (χ2v) is 5.48. The van der Waals surface area contributed by atoms with Gasteiger partial charge in [-0.15, -0.1) is 0 Å². The minimum Gasteiger partial charge on any atom is -0.462 e. The summed E-state index contributed by atoms with van der Waals surface area (Å²) in [5.41, 5.74) is 2.30. The van der Waals surface area contributed by atoms with Crippen LogP contribution in [0.15, 0.2) is 41.5 Å². The van der Waals surface area contributed by atoms with Crippen LogP contribution in [0, 0.1) is 0 Å². The summed E-state index contributed by atoms with van der Waals surface area (Å²) in [4.78, 5) is 24.7. The third-order valence-electron chi connectivity index (χ3n) is 3.93. The number of nitrogens with zero attached hydrogens (tertiary/aromatic N) is 3. The van der Waals surface area contributed by atoms with Crippen LogP contribution in [0.2, 0.25) is 0 Å². The molecule has 0 N–H and O–H groups in total. The van der Waals surface area contributed by atoms with Gasteiger partial charge in [0.15, 0.2) is 0 Å². The van der Waals surface area contributed by atoms with E-state index in [1.54, 1.807) is 23.9 Å². The molecular weight excluding hydrogens is 306 g/mol. The molecule has 0 unspecified atom stereocenters. The van der Waals surface area contributed by atoms with Crippen molar-refractivity contribution in [2.24, 2.45) is 7.05 Å². The summed E-state index contributed by atoms with van der Waals surface area (Å²) in [6.07, 6.45) is 3.45. The quantitative estimate of drug-likeness (QED) is 0.692. The van der Waals surface area contributed by atoms with Crippen LogP contribution in [-0.2, 0) is 18.3 Å². The predicted molar refractivity (Wildman–Crippen MR) is 92.0 cm³/mol. The number of esters is 1. The van der Waals surface area contributed by atoms with E-state index in [1.807, 2.05) is 42.9 Å². The first kappa shape index (κ1) is 16.0. The number of hydrogen-bond donors (Lipinski definition) is 0. The Hall–Kier alpha value is -2.89. The number of aryl methyl sites for hydroxylation is 2. The standard InChI is InChI=1S/C18H19N3O3/c1-4-21-11-14(18(23)24-5-2)17(22)13-7-6-12(10-16(13)21)15-8-9-20(3)19-15/h6-11H,4-5H2,1-3H3. The molecular formula is C18H19N3O3. The Morgan fingerprint density at radius 1 is 1.25 bits per heavy atom. The van der Waals surface area contributed by atoms with Gasteiger partial charge >= 0.3 is 5.97 Å². The van der Waals surface area contributed by atoms with Crippen LogP contribution in [0.3, 0.4) is 0 Å². The molecule has 0 aliphatic carbocycles. The molecule has 0 aliphatic heterocycles. The molecule has 0 radical (unpaired) electrons. The maximum absolute atomic E-state index is 12.6. The van der Waals surface area contributed by atoms with E-state index in [9.17, 15) is 9.59 Å². The fraction of sp³-hybridized carbons (Fsp3) is 0.278. The van der Waals surface area contributed by atoms with Gasteiger partial charge in [0.05, 0.1) is 17.8 Å². The second-order valence-electron chi connectivity index (χ2n) is 5.48. The highest BCUT2D eigenvalue weighted by atomic mass is 16.5. The number of hydrogen-bond acceptors (Lipinski definition) is 4. The molecule has 0 aliphatic rings. The van der Waals surface area contributed by atoms with Gasteiger partial charge in [-0.2, -0.15) is 5.10 Å². The van der Waals surface area contributed by atoms with Crippen LogP contribution in [0.4, 0.5) is 0 Å². The Balaban J connectivity index is 2.22. The fourth-order valence-corrected chi connectivity index (χ4v) is 2.73. The number of rotatable bonds is 4. The highest BCUT2D eigenvalue weighted by Crippen LogP contribution is 2.22. The smallest absolute Gasteiger partial charge is 0.343 e. The summed E-state index contributed by atoms with van der Waals surface area (Å²) in [6, 6.07) is 7.44. The van der Waals surface area contributed by atoms with Crippen molar-refractivity contribution in [1.29, 1.82) is 0 Å². The molecule has 24 heavy (non-hydrogen) atoms. The lowest BCUT2D eigenvalue weighted by atomic mass is 10.1. The summed E-state index contributed by atoms with van der Waals surface area (Å²) in [7, 11) is 1.86. The van der Waals surface area contributed by atoms with Gasteiger partial charge in [0.1, 0.15) is 5.56 Å². The third kappa shape index (κ3) is 2.71. The zero-order valence-corrected chi connectivity index (χ0v) is 13.9. The molecule has 2 heterocycles. The zero-order chi connectivity index (χ0) is 17.3. The van der Waals surface area contributed by atoms with Gasteiger partial charge in [0.2, 0.25) is 5.43 Å². The minimum atomic E-state index is -0.583. The molecule has 0 fully saturated rings. The maximum Gasteiger partial charge on any atom is 0.343 e. The molecule has 6 heteroatoms. The number of pyridine rings is 1. The number of carbonyl (C=O) groups excluding carboxylic acids is 1. The zero-order valence-electron chi connectivity index (χ0n) is 13.9. The largest absolute Gasteiger partial charge is 0.462 e. The van der Waals surface area contributed by atoms with Crippen LogP contribution in [0.25, 0.3) is 22.2 Å². The molecule has 0 amide bonds. The van der Waals surface area contributed by atoms with Crippen molar-refractivity contribution < 1.29 is 9.53 Å². The van der Waals surface area contributed by atoms with Gasteiger partial charge in [0.25, 0.3) is 0 Å². The fourth-order valence-electron chi connectivity index (χ4n) is 2.73. The van der Waals surface area contributed by atoms with E-state index in [0.29, 0.717) is 11.9 Å². The summed E-state index contributed by atoms with van der Waals surface area (Å²) >= 11 is 0. The molecule has 2 aromatic heterocycles. The molecule has 0 spiro atoms. The van der Waals surface area contributed by atoms with Crippen molar-refractivity contribution in [3.8, 4) is 11.3 Å². The van der Waals surface area contributed by atoms with E-state index in [0.717, 1.165) is 16.8 Å². The molecule has 3 aromatic rings. The molecule has 1 aromatic carbocycles. The lowest BCUT2D eigenvalue weighted by Gasteiger charge is -2.12. The first-order valence-electron chi connectivity index (χ1n) is 7.89. The molecule has 6 nitrogen and oxygen atoms in total. The SMILES string of the molecule is CCOC(=O)c1cn(CC)c2cc(-c3ccn(C)n3)ccc2c1=O. The van der Waals surface area contributed by atoms with Gasteiger partial charge in [0, 0.05) is 36.9 Å². The summed E-state index contributed by atoms with van der Waals surface area (Å²) in [5.74, 6) is -0.583. The predicted octanol–water partition coefficient (Wildman–Crippen LogP) is 2.60. The van der Waals surface area contributed by atoms with Gasteiger partial charge in [-0.3, -0.25) is 9.48 Å². The first-order valence-corrected chi connectivity index (χ1v) is 7.89.